The minimum Gasteiger partial charge on any atom is -0.496 e. The normalized spacial score (nSPS) is 10.2. The third-order valence-electron chi connectivity index (χ3n) is 3.11. The largest absolute Gasteiger partial charge is 0.496 e. The van der Waals surface area contributed by atoms with Crippen LogP contribution in [0.2, 0.25) is 0 Å². The lowest BCUT2D eigenvalue weighted by Crippen LogP contribution is -2.26. The SMILES string of the molecule is COc1ccc(N)cc1C(=O)NCCc1ccccc1F. The fourth-order valence-electron chi connectivity index (χ4n) is 2.01. The van der Waals surface area contributed by atoms with Gasteiger partial charge in [0.1, 0.15) is 11.6 Å². The van der Waals surface area contributed by atoms with Crippen LogP contribution >= 0.6 is 0 Å². The molecule has 0 bridgehead atoms. The standard InChI is InChI=1S/C16H17FN2O2/c1-21-15-7-6-12(18)10-13(15)16(20)19-9-8-11-4-2-3-5-14(11)17/h2-7,10H,8-9,18H2,1H3,(H,19,20). The molecule has 0 aliphatic heterocycles. The van der Waals surface area contributed by atoms with Gasteiger partial charge >= 0.3 is 0 Å². The molecule has 0 atom stereocenters. The number of anilines is 1. The summed E-state index contributed by atoms with van der Waals surface area (Å²) in [6.07, 6.45) is 0.420. The molecule has 0 aliphatic rings. The quantitative estimate of drug-likeness (QED) is 0.830. The number of hydrogen-bond donors (Lipinski definition) is 2. The van der Waals surface area contributed by atoms with Gasteiger partial charge in [-0.15, -0.1) is 0 Å². The summed E-state index contributed by atoms with van der Waals surface area (Å²) in [7, 11) is 1.49. The lowest BCUT2D eigenvalue weighted by Gasteiger charge is -2.10. The molecule has 3 N–H and O–H groups in total. The van der Waals surface area contributed by atoms with Crippen molar-refractivity contribution in [3.05, 3.63) is 59.4 Å². The van der Waals surface area contributed by atoms with Gasteiger partial charge in [0.15, 0.2) is 0 Å². The maximum Gasteiger partial charge on any atom is 0.255 e. The van der Waals surface area contributed by atoms with E-state index in [2.05, 4.69) is 5.32 Å². The van der Waals surface area contributed by atoms with Crippen LogP contribution in [0.25, 0.3) is 0 Å². The molecule has 0 unspecified atom stereocenters. The summed E-state index contributed by atoms with van der Waals surface area (Å²) in [6.45, 7) is 0.331. The Hall–Kier alpha value is -2.56. The first kappa shape index (κ1) is 14.8. The molecule has 1 amide bonds. The van der Waals surface area contributed by atoms with Gasteiger partial charge in [-0.2, -0.15) is 0 Å². The average molecular weight is 288 g/mol. The maximum atomic E-state index is 13.5. The maximum absolute atomic E-state index is 13.5. The molecule has 2 rings (SSSR count). The average Bonchev–Trinajstić information content (AvgIpc) is 2.49. The molecular weight excluding hydrogens is 271 g/mol. The van der Waals surface area contributed by atoms with E-state index in [9.17, 15) is 9.18 Å². The molecule has 2 aromatic carbocycles. The van der Waals surface area contributed by atoms with Crippen molar-refractivity contribution < 1.29 is 13.9 Å². The van der Waals surface area contributed by atoms with Crippen LogP contribution in [0.4, 0.5) is 10.1 Å². The Kier molecular flexibility index (Phi) is 4.77. The number of hydrogen-bond acceptors (Lipinski definition) is 3. The van der Waals surface area contributed by atoms with E-state index in [0.29, 0.717) is 35.5 Å². The molecule has 0 radical (unpaired) electrons. The fourth-order valence-corrected chi connectivity index (χ4v) is 2.01. The Balaban J connectivity index is 1.99. The summed E-state index contributed by atoms with van der Waals surface area (Å²) >= 11 is 0. The van der Waals surface area contributed by atoms with Gasteiger partial charge in [-0.1, -0.05) is 18.2 Å². The molecule has 0 heterocycles. The van der Waals surface area contributed by atoms with Crippen LogP contribution in [-0.2, 0) is 6.42 Å². The summed E-state index contributed by atoms with van der Waals surface area (Å²) < 4.78 is 18.6. The first-order chi connectivity index (χ1) is 10.1. The molecule has 21 heavy (non-hydrogen) atoms. The first-order valence-electron chi connectivity index (χ1n) is 6.57. The summed E-state index contributed by atoms with van der Waals surface area (Å²) in [4.78, 5) is 12.1. The zero-order chi connectivity index (χ0) is 15.2. The third kappa shape index (κ3) is 3.72. The van der Waals surface area contributed by atoms with Crippen LogP contribution in [0.15, 0.2) is 42.5 Å². The van der Waals surface area contributed by atoms with Crippen molar-refractivity contribution in [2.45, 2.75) is 6.42 Å². The van der Waals surface area contributed by atoms with E-state index in [0.717, 1.165) is 0 Å². The van der Waals surface area contributed by atoms with Gasteiger partial charge in [0.2, 0.25) is 0 Å². The molecule has 5 heteroatoms. The monoisotopic (exact) mass is 288 g/mol. The number of amides is 1. The highest BCUT2D eigenvalue weighted by Gasteiger charge is 2.12. The third-order valence-corrected chi connectivity index (χ3v) is 3.11. The number of halogens is 1. The smallest absolute Gasteiger partial charge is 0.255 e. The zero-order valence-electron chi connectivity index (χ0n) is 11.7. The summed E-state index contributed by atoms with van der Waals surface area (Å²) in [5, 5.41) is 2.74. The second kappa shape index (κ2) is 6.74. The Labute approximate surface area is 122 Å². The van der Waals surface area contributed by atoms with Gasteiger partial charge in [-0.05, 0) is 36.2 Å². The molecule has 0 aliphatic carbocycles. The fraction of sp³-hybridized carbons (Fsp3) is 0.188. The van der Waals surface area contributed by atoms with Gasteiger partial charge < -0.3 is 15.8 Å². The van der Waals surface area contributed by atoms with Crippen molar-refractivity contribution in [1.82, 2.24) is 5.32 Å². The number of nitrogens with one attached hydrogen (secondary N) is 1. The second-order valence-electron chi connectivity index (χ2n) is 4.56. The van der Waals surface area contributed by atoms with E-state index in [1.807, 2.05) is 0 Å². The highest BCUT2D eigenvalue weighted by Crippen LogP contribution is 2.20. The van der Waals surface area contributed by atoms with Crippen molar-refractivity contribution in [2.24, 2.45) is 0 Å². The Morgan fingerprint density at radius 1 is 1.29 bits per heavy atom. The van der Waals surface area contributed by atoms with Gasteiger partial charge in [0.05, 0.1) is 12.7 Å². The van der Waals surface area contributed by atoms with E-state index in [-0.39, 0.29) is 11.7 Å². The van der Waals surface area contributed by atoms with Gasteiger partial charge in [0.25, 0.3) is 5.91 Å². The predicted octanol–water partition coefficient (Wildman–Crippen LogP) is 2.39. The topological polar surface area (TPSA) is 64.3 Å². The van der Waals surface area contributed by atoms with Crippen LogP contribution < -0.4 is 15.8 Å². The number of methoxy groups -OCH3 is 1. The Morgan fingerprint density at radius 2 is 2.05 bits per heavy atom. The highest BCUT2D eigenvalue weighted by atomic mass is 19.1. The van der Waals surface area contributed by atoms with Crippen molar-refractivity contribution in [2.75, 3.05) is 19.4 Å². The molecule has 0 spiro atoms. The van der Waals surface area contributed by atoms with Crippen molar-refractivity contribution in [1.29, 1.82) is 0 Å². The molecule has 4 nitrogen and oxygen atoms in total. The highest BCUT2D eigenvalue weighted by molar-refractivity contribution is 5.97. The van der Waals surface area contributed by atoms with E-state index >= 15 is 0 Å². The molecular formula is C16H17FN2O2. The van der Waals surface area contributed by atoms with Crippen LogP contribution in [0.5, 0.6) is 5.75 Å². The zero-order valence-corrected chi connectivity index (χ0v) is 11.7. The Morgan fingerprint density at radius 3 is 2.76 bits per heavy atom. The Bertz CT molecular complexity index is 644. The van der Waals surface area contributed by atoms with Gasteiger partial charge in [-0.3, -0.25) is 4.79 Å². The lowest BCUT2D eigenvalue weighted by atomic mass is 10.1. The number of carbonyl (C=O) groups excluding carboxylic acids is 1. The van der Waals surface area contributed by atoms with Crippen molar-refractivity contribution in [3.8, 4) is 5.75 Å². The minimum absolute atomic E-state index is 0.270. The van der Waals surface area contributed by atoms with E-state index in [1.165, 1.54) is 13.2 Å². The number of ether oxygens (including phenoxy) is 1. The molecule has 2 aromatic rings. The van der Waals surface area contributed by atoms with Crippen LogP contribution in [0.3, 0.4) is 0 Å². The van der Waals surface area contributed by atoms with Gasteiger partial charge in [0, 0.05) is 12.2 Å². The van der Waals surface area contributed by atoms with E-state index in [1.54, 1.807) is 36.4 Å². The minimum atomic E-state index is -0.296. The summed E-state index contributed by atoms with van der Waals surface area (Å²) in [6, 6.07) is 11.4. The van der Waals surface area contributed by atoms with Crippen LogP contribution in [-0.4, -0.2) is 19.6 Å². The predicted molar refractivity (Wildman–Crippen MR) is 79.8 cm³/mol. The van der Waals surface area contributed by atoms with Gasteiger partial charge in [-0.25, -0.2) is 4.39 Å². The second-order valence-corrected chi connectivity index (χ2v) is 4.56. The summed E-state index contributed by atoms with van der Waals surface area (Å²) in [5.74, 6) is -0.114. The summed E-state index contributed by atoms with van der Waals surface area (Å²) in [5.41, 5.74) is 7.09. The van der Waals surface area contributed by atoms with Crippen LogP contribution in [0.1, 0.15) is 15.9 Å². The molecule has 0 fully saturated rings. The van der Waals surface area contributed by atoms with E-state index < -0.39 is 0 Å². The number of carbonyl (C=O) groups is 1. The molecule has 0 saturated heterocycles. The molecule has 0 saturated carbocycles. The van der Waals surface area contributed by atoms with Crippen molar-refractivity contribution in [3.63, 3.8) is 0 Å². The molecule has 0 aromatic heterocycles. The van der Waals surface area contributed by atoms with E-state index in [4.69, 9.17) is 10.5 Å². The first-order valence-corrected chi connectivity index (χ1v) is 6.57. The lowest BCUT2D eigenvalue weighted by molar-refractivity contribution is 0.0951. The number of benzene rings is 2. The van der Waals surface area contributed by atoms with Crippen molar-refractivity contribution >= 4 is 11.6 Å². The number of rotatable bonds is 5. The number of nitrogens with two attached hydrogens (primary N) is 1. The van der Waals surface area contributed by atoms with Crippen LogP contribution in [0, 0.1) is 5.82 Å². The number of nitrogen functional groups attached to an aromatic ring is 1. The molecule has 110 valence electrons.